The minimum Gasteiger partial charge on any atom is -0.465 e. The molecule has 0 unspecified atom stereocenters. The highest BCUT2D eigenvalue weighted by Crippen LogP contribution is 2.26. The lowest BCUT2D eigenvalue weighted by molar-refractivity contribution is 0.397. The van der Waals surface area contributed by atoms with E-state index in [-0.39, 0.29) is 17.1 Å². The summed E-state index contributed by atoms with van der Waals surface area (Å²) in [5.74, 6) is 1.35. The molecule has 1 aromatic carbocycles. The normalized spacial score (nSPS) is 12.0. The Labute approximate surface area is 125 Å². The van der Waals surface area contributed by atoms with Gasteiger partial charge in [0.25, 0.3) is 0 Å². The van der Waals surface area contributed by atoms with E-state index < -0.39 is 10.0 Å². The Morgan fingerprint density at radius 2 is 1.76 bits per heavy atom. The average molecular weight is 308 g/mol. The number of nitrogens with two attached hydrogens (primary N) is 1. The molecule has 0 amide bonds. The summed E-state index contributed by atoms with van der Waals surface area (Å²) in [5.41, 5.74) is 8.01. The Bertz CT molecular complexity index is 763. The van der Waals surface area contributed by atoms with Crippen molar-refractivity contribution in [3.63, 3.8) is 0 Å². The molecule has 1 aromatic heterocycles. The van der Waals surface area contributed by atoms with Gasteiger partial charge in [-0.3, -0.25) is 0 Å². The van der Waals surface area contributed by atoms with Gasteiger partial charge in [0.1, 0.15) is 16.4 Å². The first-order valence-electron chi connectivity index (χ1n) is 6.60. The molecular weight excluding hydrogens is 288 g/mol. The van der Waals surface area contributed by atoms with Crippen molar-refractivity contribution < 1.29 is 12.8 Å². The first-order valence-corrected chi connectivity index (χ1v) is 8.04. The molecule has 0 saturated carbocycles. The maximum Gasteiger partial charge on any atom is 0.245 e. The first kappa shape index (κ1) is 15.6. The van der Waals surface area contributed by atoms with Crippen molar-refractivity contribution in [2.75, 3.05) is 12.8 Å². The maximum atomic E-state index is 12.6. The average Bonchev–Trinajstić information content (AvgIpc) is 2.79. The van der Waals surface area contributed by atoms with Gasteiger partial charge in [0.2, 0.25) is 10.0 Å². The third-order valence-corrected chi connectivity index (χ3v) is 5.35. The van der Waals surface area contributed by atoms with E-state index in [0.717, 1.165) is 16.9 Å². The number of hydrogen-bond donors (Lipinski definition) is 1. The Morgan fingerprint density at radius 3 is 2.33 bits per heavy atom. The number of nitrogen functional groups attached to an aromatic ring is 1. The molecule has 0 aliphatic rings. The van der Waals surface area contributed by atoms with Crippen LogP contribution in [0, 0.1) is 20.8 Å². The van der Waals surface area contributed by atoms with Gasteiger partial charge in [-0.2, -0.15) is 4.31 Å². The van der Waals surface area contributed by atoms with Crippen LogP contribution in [-0.4, -0.2) is 19.8 Å². The lowest BCUT2D eigenvalue weighted by atomic mass is 10.1. The number of anilines is 1. The van der Waals surface area contributed by atoms with Crippen LogP contribution in [0.3, 0.4) is 0 Å². The molecule has 1 heterocycles. The van der Waals surface area contributed by atoms with Gasteiger partial charge in [0.05, 0.1) is 12.2 Å². The summed E-state index contributed by atoms with van der Waals surface area (Å²) in [6.45, 7) is 5.75. The third-order valence-electron chi connectivity index (χ3n) is 3.49. The van der Waals surface area contributed by atoms with Crippen molar-refractivity contribution in [2.45, 2.75) is 32.2 Å². The lowest BCUT2D eigenvalue weighted by Crippen LogP contribution is -2.27. The van der Waals surface area contributed by atoms with Crippen molar-refractivity contribution in [3.05, 3.63) is 46.9 Å². The van der Waals surface area contributed by atoms with E-state index in [1.54, 1.807) is 24.3 Å². The van der Waals surface area contributed by atoms with Crippen molar-refractivity contribution in [2.24, 2.45) is 0 Å². The summed E-state index contributed by atoms with van der Waals surface area (Å²) in [4.78, 5) is 0.136. The van der Waals surface area contributed by atoms with Crippen LogP contribution in [0.5, 0.6) is 0 Å². The molecule has 0 aliphatic heterocycles. The number of hydrogen-bond acceptors (Lipinski definition) is 4. The second-order valence-corrected chi connectivity index (χ2v) is 7.26. The van der Waals surface area contributed by atoms with Crippen LogP contribution < -0.4 is 5.73 Å². The third kappa shape index (κ3) is 3.11. The fourth-order valence-electron chi connectivity index (χ4n) is 2.08. The van der Waals surface area contributed by atoms with Crippen molar-refractivity contribution in [3.8, 4) is 0 Å². The molecule has 0 saturated heterocycles. The first-order chi connectivity index (χ1) is 9.71. The maximum absolute atomic E-state index is 12.6. The number of rotatable bonds is 4. The molecule has 2 aromatic rings. The van der Waals surface area contributed by atoms with Gasteiger partial charge in [-0.05, 0) is 56.2 Å². The van der Waals surface area contributed by atoms with Gasteiger partial charge in [-0.1, -0.05) is 0 Å². The lowest BCUT2D eigenvalue weighted by Gasteiger charge is -2.18. The molecule has 21 heavy (non-hydrogen) atoms. The van der Waals surface area contributed by atoms with Crippen LogP contribution in [0.1, 0.15) is 22.6 Å². The number of nitrogens with zero attached hydrogens (tertiary/aromatic N) is 1. The standard InChI is InChI=1S/C15H20N2O3S/c1-10-7-14(16)15(8-11(10)2)21(18,19)17(4)9-13-6-5-12(3)20-13/h5-8H,9,16H2,1-4H3. The van der Waals surface area contributed by atoms with E-state index in [2.05, 4.69) is 0 Å². The zero-order valence-electron chi connectivity index (χ0n) is 12.7. The van der Waals surface area contributed by atoms with Crippen molar-refractivity contribution in [1.29, 1.82) is 0 Å². The highest BCUT2D eigenvalue weighted by Gasteiger charge is 2.24. The van der Waals surface area contributed by atoms with Crippen LogP contribution >= 0.6 is 0 Å². The molecule has 2 N–H and O–H groups in total. The Kier molecular flexibility index (Phi) is 4.11. The van der Waals surface area contributed by atoms with Crippen LogP contribution in [0.4, 0.5) is 5.69 Å². The van der Waals surface area contributed by atoms with E-state index in [1.807, 2.05) is 20.8 Å². The minimum atomic E-state index is -3.65. The quantitative estimate of drug-likeness (QED) is 0.881. The second kappa shape index (κ2) is 5.54. The fourth-order valence-corrected chi connectivity index (χ4v) is 3.39. The van der Waals surface area contributed by atoms with Gasteiger partial charge in [-0.15, -0.1) is 0 Å². The topological polar surface area (TPSA) is 76.5 Å². The minimum absolute atomic E-state index is 0.136. The SMILES string of the molecule is Cc1ccc(CN(C)S(=O)(=O)c2cc(C)c(C)cc2N)o1. The van der Waals surface area contributed by atoms with Crippen LogP contribution in [0.15, 0.2) is 33.6 Å². The summed E-state index contributed by atoms with van der Waals surface area (Å²) in [6, 6.07) is 6.88. The highest BCUT2D eigenvalue weighted by molar-refractivity contribution is 7.89. The highest BCUT2D eigenvalue weighted by atomic mass is 32.2. The molecule has 6 heteroatoms. The Morgan fingerprint density at radius 1 is 1.14 bits per heavy atom. The van der Waals surface area contributed by atoms with Gasteiger partial charge in [0, 0.05) is 7.05 Å². The number of sulfonamides is 1. The molecular formula is C15H20N2O3S. The second-order valence-electron chi connectivity index (χ2n) is 5.25. The number of aryl methyl sites for hydroxylation is 3. The summed E-state index contributed by atoms with van der Waals surface area (Å²) in [5, 5.41) is 0. The van der Waals surface area contributed by atoms with E-state index >= 15 is 0 Å². The Hall–Kier alpha value is -1.79. The summed E-state index contributed by atoms with van der Waals surface area (Å²) >= 11 is 0. The largest absolute Gasteiger partial charge is 0.465 e. The van der Waals surface area contributed by atoms with Gasteiger partial charge in [0.15, 0.2) is 0 Å². The van der Waals surface area contributed by atoms with Gasteiger partial charge >= 0.3 is 0 Å². The number of furan rings is 1. The van der Waals surface area contributed by atoms with Gasteiger partial charge in [-0.25, -0.2) is 8.42 Å². The zero-order chi connectivity index (χ0) is 15.8. The fraction of sp³-hybridized carbons (Fsp3) is 0.333. The zero-order valence-corrected chi connectivity index (χ0v) is 13.5. The smallest absolute Gasteiger partial charge is 0.245 e. The molecule has 5 nitrogen and oxygen atoms in total. The molecule has 0 atom stereocenters. The van der Waals surface area contributed by atoms with Crippen LogP contribution in [0.2, 0.25) is 0 Å². The number of benzene rings is 1. The van der Waals surface area contributed by atoms with E-state index in [9.17, 15) is 8.42 Å². The van der Waals surface area contributed by atoms with Crippen LogP contribution in [0.25, 0.3) is 0 Å². The molecule has 0 radical (unpaired) electrons. The molecule has 0 aliphatic carbocycles. The molecule has 0 spiro atoms. The summed E-state index contributed by atoms with van der Waals surface area (Å²) in [7, 11) is -2.13. The summed E-state index contributed by atoms with van der Waals surface area (Å²) < 4.78 is 31.9. The van der Waals surface area contributed by atoms with E-state index in [1.165, 1.54) is 11.4 Å². The molecule has 2 rings (SSSR count). The van der Waals surface area contributed by atoms with E-state index in [4.69, 9.17) is 10.2 Å². The monoisotopic (exact) mass is 308 g/mol. The van der Waals surface area contributed by atoms with E-state index in [0.29, 0.717) is 5.76 Å². The molecule has 0 bridgehead atoms. The molecule has 114 valence electrons. The van der Waals surface area contributed by atoms with Crippen molar-refractivity contribution >= 4 is 15.7 Å². The van der Waals surface area contributed by atoms with Crippen LogP contribution in [-0.2, 0) is 16.6 Å². The predicted molar refractivity (Wildman–Crippen MR) is 82.4 cm³/mol. The summed E-state index contributed by atoms with van der Waals surface area (Å²) in [6.07, 6.45) is 0. The molecule has 0 fully saturated rings. The van der Waals surface area contributed by atoms with Crippen molar-refractivity contribution in [1.82, 2.24) is 4.31 Å². The Balaban J connectivity index is 2.35. The van der Waals surface area contributed by atoms with Gasteiger partial charge < -0.3 is 10.2 Å². The predicted octanol–water partition coefficient (Wildman–Crippen LogP) is 2.61.